The van der Waals surface area contributed by atoms with Gasteiger partial charge in [0.15, 0.2) is 5.78 Å². The predicted octanol–water partition coefficient (Wildman–Crippen LogP) is 5.14. The highest BCUT2D eigenvalue weighted by Gasteiger charge is 2.36. The predicted molar refractivity (Wildman–Crippen MR) is 113 cm³/mol. The van der Waals surface area contributed by atoms with Crippen molar-refractivity contribution in [1.29, 1.82) is 0 Å². The molecule has 2 aromatic rings. The van der Waals surface area contributed by atoms with E-state index in [9.17, 15) is 4.79 Å². The first-order valence-corrected chi connectivity index (χ1v) is 10.4. The van der Waals surface area contributed by atoms with E-state index in [0.717, 1.165) is 36.6 Å². The minimum Gasteiger partial charge on any atom is -0.339 e. The molecule has 0 spiro atoms. The molecule has 1 aliphatic heterocycles. The van der Waals surface area contributed by atoms with E-state index in [-0.39, 0.29) is 11.2 Å². The molecular weight excluding hydrogens is 348 g/mol. The summed E-state index contributed by atoms with van der Waals surface area (Å²) in [7, 11) is 0. The summed E-state index contributed by atoms with van der Waals surface area (Å²) in [5, 5.41) is 3.40. The normalized spacial score (nSPS) is 24.0. The number of aromatic nitrogens is 2. The Morgan fingerprint density at radius 1 is 1.04 bits per heavy atom. The molecule has 0 amide bonds. The molecule has 2 heterocycles. The molecule has 1 aliphatic carbocycles. The molecule has 1 N–H and O–H groups in total. The molecule has 4 rings (SSSR count). The van der Waals surface area contributed by atoms with Crippen LogP contribution >= 0.6 is 0 Å². The SMILES string of the molecule is CC1CCCC(C)N1c1nc2c(c(Nc3ccccc3)n1)C(=O)CC(C)(C)C2. The lowest BCUT2D eigenvalue weighted by molar-refractivity contribution is 0.0911. The van der Waals surface area contributed by atoms with Crippen LogP contribution in [0.4, 0.5) is 17.5 Å². The zero-order chi connectivity index (χ0) is 19.9. The summed E-state index contributed by atoms with van der Waals surface area (Å²) >= 11 is 0. The summed E-state index contributed by atoms with van der Waals surface area (Å²) in [4.78, 5) is 25.2. The molecule has 1 aromatic heterocycles. The summed E-state index contributed by atoms with van der Waals surface area (Å²) in [5.74, 6) is 1.54. The lowest BCUT2D eigenvalue weighted by Crippen LogP contribution is -2.45. The third-order valence-electron chi connectivity index (χ3n) is 6.00. The summed E-state index contributed by atoms with van der Waals surface area (Å²) < 4.78 is 0. The van der Waals surface area contributed by atoms with E-state index in [4.69, 9.17) is 9.97 Å². The molecule has 0 bridgehead atoms. The van der Waals surface area contributed by atoms with E-state index in [2.05, 4.69) is 37.9 Å². The van der Waals surface area contributed by atoms with Gasteiger partial charge in [0.2, 0.25) is 5.95 Å². The van der Waals surface area contributed by atoms with Crippen LogP contribution in [0.1, 0.15) is 69.4 Å². The van der Waals surface area contributed by atoms with Crippen LogP contribution in [-0.4, -0.2) is 27.8 Å². The molecule has 5 heteroatoms. The number of carbonyl (C=O) groups is 1. The number of anilines is 3. The van der Waals surface area contributed by atoms with Crippen LogP contribution in [0.5, 0.6) is 0 Å². The molecule has 0 radical (unpaired) electrons. The van der Waals surface area contributed by atoms with Gasteiger partial charge in [-0.15, -0.1) is 0 Å². The van der Waals surface area contributed by atoms with Crippen LogP contribution in [0.2, 0.25) is 0 Å². The molecule has 5 nitrogen and oxygen atoms in total. The van der Waals surface area contributed by atoms with Crippen LogP contribution in [0.25, 0.3) is 0 Å². The number of nitrogens with one attached hydrogen (secondary N) is 1. The molecule has 1 saturated heterocycles. The van der Waals surface area contributed by atoms with Crippen LogP contribution in [0.15, 0.2) is 30.3 Å². The fourth-order valence-corrected chi connectivity index (χ4v) is 4.63. The van der Waals surface area contributed by atoms with Gasteiger partial charge in [0.05, 0.1) is 11.3 Å². The highest BCUT2D eigenvalue weighted by molar-refractivity contribution is 6.03. The van der Waals surface area contributed by atoms with E-state index in [1.54, 1.807) is 0 Å². The molecule has 28 heavy (non-hydrogen) atoms. The standard InChI is InChI=1S/C23H30N4O/c1-15-9-8-10-16(2)27(15)22-25-18-13-23(3,4)14-19(28)20(18)21(26-22)24-17-11-6-5-7-12-17/h5-7,11-12,15-16H,8-10,13-14H2,1-4H3,(H,24,25,26). The lowest BCUT2D eigenvalue weighted by atomic mass is 9.75. The highest BCUT2D eigenvalue weighted by atomic mass is 16.1. The van der Waals surface area contributed by atoms with E-state index in [1.807, 2.05) is 30.3 Å². The second-order valence-corrected chi connectivity index (χ2v) is 9.16. The lowest BCUT2D eigenvalue weighted by Gasteiger charge is -2.40. The molecule has 2 atom stereocenters. The van der Waals surface area contributed by atoms with E-state index in [1.165, 1.54) is 6.42 Å². The van der Waals surface area contributed by atoms with E-state index < -0.39 is 0 Å². The second kappa shape index (κ2) is 7.19. The van der Waals surface area contributed by atoms with E-state index in [0.29, 0.717) is 29.9 Å². The highest BCUT2D eigenvalue weighted by Crippen LogP contribution is 2.39. The number of nitrogens with zero attached hydrogens (tertiary/aromatic N) is 3. The van der Waals surface area contributed by atoms with Gasteiger partial charge in [0.25, 0.3) is 0 Å². The zero-order valence-electron chi connectivity index (χ0n) is 17.3. The number of hydrogen-bond donors (Lipinski definition) is 1. The average molecular weight is 379 g/mol. The maximum Gasteiger partial charge on any atom is 0.228 e. The first-order valence-electron chi connectivity index (χ1n) is 10.4. The zero-order valence-corrected chi connectivity index (χ0v) is 17.3. The Morgan fingerprint density at radius 3 is 2.39 bits per heavy atom. The number of ketones is 1. The van der Waals surface area contributed by atoms with Crippen molar-refractivity contribution >= 4 is 23.2 Å². The van der Waals surface area contributed by atoms with E-state index >= 15 is 0 Å². The number of fused-ring (bicyclic) bond motifs is 1. The smallest absolute Gasteiger partial charge is 0.228 e. The summed E-state index contributed by atoms with van der Waals surface area (Å²) in [6.45, 7) is 8.79. The van der Waals surface area contributed by atoms with Gasteiger partial charge < -0.3 is 10.2 Å². The van der Waals surface area contributed by atoms with Gasteiger partial charge in [0.1, 0.15) is 5.82 Å². The van der Waals surface area contributed by atoms with Gasteiger partial charge in [-0.3, -0.25) is 4.79 Å². The molecule has 0 saturated carbocycles. The Kier molecular flexibility index (Phi) is 4.86. The quantitative estimate of drug-likeness (QED) is 0.801. The minimum atomic E-state index is -0.0706. The third-order valence-corrected chi connectivity index (χ3v) is 6.00. The van der Waals surface area contributed by atoms with Gasteiger partial charge in [-0.05, 0) is 57.1 Å². The summed E-state index contributed by atoms with van der Waals surface area (Å²) in [6.07, 6.45) is 4.87. The Balaban J connectivity index is 1.82. The largest absolute Gasteiger partial charge is 0.339 e. The van der Waals surface area contributed by atoms with Gasteiger partial charge in [-0.1, -0.05) is 32.0 Å². The van der Waals surface area contributed by atoms with Crippen LogP contribution in [0, 0.1) is 5.41 Å². The number of piperidine rings is 1. The van der Waals surface area contributed by atoms with Crippen molar-refractivity contribution in [3.63, 3.8) is 0 Å². The molecular formula is C23H30N4O. The van der Waals surface area contributed by atoms with Crippen LogP contribution in [-0.2, 0) is 6.42 Å². The first-order chi connectivity index (χ1) is 13.3. The number of hydrogen-bond acceptors (Lipinski definition) is 5. The Hall–Kier alpha value is -2.43. The van der Waals surface area contributed by atoms with Crippen molar-refractivity contribution in [3.8, 4) is 0 Å². The van der Waals surface area contributed by atoms with Gasteiger partial charge in [-0.2, -0.15) is 4.98 Å². The summed E-state index contributed by atoms with van der Waals surface area (Å²) in [5.41, 5.74) is 2.42. The fourth-order valence-electron chi connectivity index (χ4n) is 4.63. The second-order valence-electron chi connectivity index (χ2n) is 9.16. The molecule has 2 aliphatic rings. The molecule has 1 aromatic carbocycles. The average Bonchev–Trinajstić information content (AvgIpc) is 2.60. The number of carbonyl (C=O) groups excluding carboxylic acids is 1. The van der Waals surface area contributed by atoms with Crippen LogP contribution in [0.3, 0.4) is 0 Å². The Morgan fingerprint density at radius 2 is 1.71 bits per heavy atom. The maximum atomic E-state index is 13.0. The molecule has 148 valence electrons. The first kappa shape index (κ1) is 18.9. The van der Waals surface area contributed by atoms with Crippen molar-refractivity contribution in [2.45, 2.75) is 71.9 Å². The van der Waals surface area contributed by atoms with Gasteiger partial charge in [-0.25, -0.2) is 4.98 Å². The number of rotatable bonds is 3. The van der Waals surface area contributed by atoms with Gasteiger partial charge >= 0.3 is 0 Å². The Labute approximate surface area is 167 Å². The maximum absolute atomic E-state index is 13.0. The van der Waals surface area contributed by atoms with Crippen molar-refractivity contribution in [1.82, 2.24) is 9.97 Å². The minimum absolute atomic E-state index is 0.0706. The number of benzene rings is 1. The molecule has 2 unspecified atom stereocenters. The van der Waals surface area contributed by atoms with Crippen molar-refractivity contribution in [2.24, 2.45) is 5.41 Å². The van der Waals surface area contributed by atoms with Crippen LogP contribution < -0.4 is 10.2 Å². The van der Waals surface area contributed by atoms with Crippen molar-refractivity contribution in [3.05, 3.63) is 41.6 Å². The number of Topliss-reactive ketones (excluding diaryl/α,β-unsaturated/α-hetero) is 1. The van der Waals surface area contributed by atoms with Crippen molar-refractivity contribution < 1.29 is 4.79 Å². The molecule has 1 fully saturated rings. The monoisotopic (exact) mass is 378 g/mol. The van der Waals surface area contributed by atoms with Crippen molar-refractivity contribution in [2.75, 3.05) is 10.2 Å². The number of para-hydroxylation sites is 1. The third kappa shape index (κ3) is 3.62. The summed E-state index contributed by atoms with van der Waals surface area (Å²) in [6, 6.07) is 10.7. The fraction of sp³-hybridized carbons (Fsp3) is 0.522. The Bertz CT molecular complexity index is 868. The topological polar surface area (TPSA) is 58.1 Å². The van der Waals surface area contributed by atoms with Gasteiger partial charge in [0, 0.05) is 24.2 Å².